The Morgan fingerprint density at radius 2 is 2.08 bits per heavy atom. The maximum atomic E-state index is 12.7. The highest BCUT2D eigenvalue weighted by atomic mass is 16.6. The first-order valence-corrected chi connectivity index (χ1v) is 9.26. The van der Waals surface area contributed by atoms with Gasteiger partial charge < -0.3 is 9.64 Å². The molecule has 1 fully saturated rings. The number of carbonyl (C=O) groups is 1. The molecule has 1 atom stereocenters. The number of amides is 1. The summed E-state index contributed by atoms with van der Waals surface area (Å²) in [6.07, 6.45) is 4.56. The van der Waals surface area contributed by atoms with Crippen LogP contribution in [0.2, 0.25) is 0 Å². The second-order valence-corrected chi connectivity index (χ2v) is 7.77. The van der Waals surface area contributed by atoms with Crippen LogP contribution in [0.5, 0.6) is 0 Å². The van der Waals surface area contributed by atoms with Gasteiger partial charge in [0.1, 0.15) is 5.60 Å². The van der Waals surface area contributed by atoms with Gasteiger partial charge >= 0.3 is 6.09 Å². The van der Waals surface area contributed by atoms with Crippen molar-refractivity contribution >= 4 is 6.09 Å². The molecule has 0 N–H and O–H groups in total. The van der Waals surface area contributed by atoms with E-state index in [9.17, 15) is 4.79 Å². The van der Waals surface area contributed by atoms with Gasteiger partial charge in [-0.25, -0.2) is 4.79 Å². The summed E-state index contributed by atoms with van der Waals surface area (Å²) in [5.74, 6) is 0. The lowest BCUT2D eigenvalue weighted by atomic mass is 10.2. The molecule has 4 heteroatoms. The smallest absolute Gasteiger partial charge is 0.410 e. The number of hydrogen-bond donors (Lipinski definition) is 0. The standard InChI is InChI=1S/C21H32N2O2/c1-5-6-10-14-23(20(24)25-21(2,3)4)19-13-15-22(17-19)16-18-11-8-7-9-12-18/h5,7-9,11-12,19H,1,6,10,13-17H2,2-4H3/t19-/m1/s1. The Bertz CT molecular complexity index is 551. The van der Waals surface area contributed by atoms with Crippen LogP contribution in [0.4, 0.5) is 4.79 Å². The van der Waals surface area contributed by atoms with E-state index in [1.807, 2.05) is 37.8 Å². The van der Waals surface area contributed by atoms with Crippen LogP contribution in [0, 0.1) is 0 Å². The summed E-state index contributed by atoms with van der Waals surface area (Å²) in [6.45, 7) is 13.1. The van der Waals surface area contributed by atoms with Crippen LogP contribution in [-0.2, 0) is 11.3 Å². The van der Waals surface area contributed by atoms with Crippen molar-refractivity contribution in [1.82, 2.24) is 9.80 Å². The van der Waals surface area contributed by atoms with Crippen molar-refractivity contribution in [3.8, 4) is 0 Å². The first kappa shape index (κ1) is 19.5. The average Bonchev–Trinajstić information content (AvgIpc) is 2.99. The number of nitrogens with zero attached hydrogens (tertiary/aromatic N) is 2. The summed E-state index contributed by atoms with van der Waals surface area (Å²) in [5, 5.41) is 0. The molecule has 0 aliphatic carbocycles. The summed E-state index contributed by atoms with van der Waals surface area (Å²) in [7, 11) is 0. The van der Waals surface area contributed by atoms with Crippen molar-refractivity contribution in [2.45, 2.75) is 58.2 Å². The second kappa shape index (κ2) is 9.04. The molecule has 2 rings (SSSR count). The number of ether oxygens (including phenoxy) is 1. The molecule has 0 spiro atoms. The molecule has 1 amide bonds. The molecular formula is C21H32N2O2. The molecule has 0 saturated carbocycles. The van der Waals surface area contributed by atoms with Crippen molar-refractivity contribution in [2.75, 3.05) is 19.6 Å². The van der Waals surface area contributed by atoms with E-state index in [-0.39, 0.29) is 12.1 Å². The lowest BCUT2D eigenvalue weighted by Crippen LogP contribution is -2.45. The maximum absolute atomic E-state index is 12.7. The van der Waals surface area contributed by atoms with E-state index in [2.05, 4.69) is 35.7 Å². The lowest BCUT2D eigenvalue weighted by molar-refractivity contribution is 0.0165. The monoisotopic (exact) mass is 344 g/mol. The van der Waals surface area contributed by atoms with Crippen molar-refractivity contribution < 1.29 is 9.53 Å². The van der Waals surface area contributed by atoms with E-state index in [4.69, 9.17) is 4.74 Å². The number of benzene rings is 1. The first-order valence-electron chi connectivity index (χ1n) is 9.26. The quantitative estimate of drug-likeness (QED) is 0.541. The van der Waals surface area contributed by atoms with Crippen LogP contribution in [0.15, 0.2) is 43.0 Å². The zero-order valence-corrected chi connectivity index (χ0v) is 15.9. The maximum Gasteiger partial charge on any atom is 0.410 e. The van der Waals surface area contributed by atoms with Gasteiger partial charge in [-0.2, -0.15) is 0 Å². The second-order valence-electron chi connectivity index (χ2n) is 7.77. The average molecular weight is 344 g/mol. The highest BCUT2D eigenvalue weighted by Crippen LogP contribution is 2.21. The minimum absolute atomic E-state index is 0.192. The zero-order chi connectivity index (χ0) is 18.3. The minimum atomic E-state index is -0.462. The van der Waals surface area contributed by atoms with Crippen molar-refractivity contribution in [3.05, 3.63) is 48.6 Å². The van der Waals surface area contributed by atoms with Crippen molar-refractivity contribution in [2.24, 2.45) is 0 Å². The lowest BCUT2D eigenvalue weighted by Gasteiger charge is -2.31. The van der Waals surface area contributed by atoms with E-state index < -0.39 is 5.60 Å². The third-order valence-corrected chi connectivity index (χ3v) is 4.37. The molecule has 25 heavy (non-hydrogen) atoms. The molecule has 0 radical (unpaired) electrons. The van der Waals surface area contributed by atoms with Gasteiger partial charge in [-0.3, -0.25) is 4.90 Å². The molecule has 1 aromatic carbocycles. The van der Waals surface area contributed by atoms with Crippen LogP contribution in [0.25, 0.3) is 0 Å². The van der Waals surface area contributed by atoms with Gasteiger partial charge in [-0.1, -0.05) is 36.4 Å². The Morgan fingerprint density at radius 3 is 2.72 bits per heavy atom. The fourth-order valence-electron chi connectivity index (χ4n) is 3.20. The predicted octanol–water partition coefficient (Wildman–Crippen LogP) is 4.46. The fraction of sp³-hybridized carbons (Fsp3) is 0.571. The molecule has 0 unspecified atom stereocenters. The number of hydrogen-bond acceptors (Lipinski definition) is 3. The number of rotatable bonds is 7. The van der Waals surface area contributed by atoms with Crippen LogP contribution in [0.3, 0.4) is 0 Å². The Labute approximate surface area is 152 Å². The fourth-order valence-corrected chi connectivity index (χ4v) is 3.20. The van der Waals surface area contributed by atoms with Gasteiger partial charge in [0.2, 0.25) is 0 Å². The highest BCUT2D eigenvalue weighted by Gasteiger charge is 2.32. The van der Waals surface area contributed by atoms with Crippen molar-refractivity contribution in [3.63, 3.8) is 0 Å². The van der Waals surface area contributed by atoms with Crippen LogP contribution < -0.4 is 0 Å². The van der Waals surface area contributed by atoms with Gasteiger partial charge in [0, 0.05) is 32.2 Å². The molecule has 1 aliphatic heterocycles. The summed E-state index contributed by atoms with van der Waals surface area (Å²) < 4.78 is 5.64. The zero-order valence-electron chi connectivity index (χ0n) is 15.9. The third-order valence-electron chi connectivity index (χ3n) is 4.37. The number of unbranched alkanes of at least 4 members (excludes halogenated alkanes) is 1. The summed E-state index contributed by atoms with van der Waals surface area (Å²) in [4.78, 5) is 17.0. The normalized spacial score (nSPS) is 18.1. The molecule has 1 aliphatic rings. The SMILES string of the molecule is C=CCCCN(C(=O)OC(C)(C)C)[C@@H]1CCN(Cc2ccccc2)C1. The summed E-state index contributed by atoms with van der Waals surface area (Å²) in [5.41, 5.74) is 0.856. The molecule has 0 aromatic heterocycles. The van der Waals surface area contributed by atoms with Crippen molar-refractivity contribution in [1.29, 1.82) is 0 Å². The number of allylic oxidation sites excluding steroid dienone is 1. The van der Waals surface area contributed by atoms with Crippen LogP contribution in [-0.4, -0.2) is 47.2 Å². The molecule has 0 bridgehead atoms. The first-order chi connectivity index (χ1) is 11.9. The van der Waals surface area contributed by atoms with Crippen LogP contribution in [0.1, 0.15) is 45.6 Å². The minimum Gasteiger partial charge on any atom is -0.444 e. The number of carbonyl (C=O) groups excluding carboxylic acids is 1. The largest absolute Gasteiger partial charge is 0.444 e. The number of likely N-dealkylation sites (tertiary alicyclic amines) is 1. The highest BCUT2D eigenvalue weighted by molar-refractivity contribution is 5.68. The van der Waals surface area contributed by atoms with E-state index in [1.54, 1.807) is 0 Å². The molecular weight excluding hydrogens is 312 g/mol. The Kier molecular flexibility index (Phi) is 7.06. The molecule has 1 saturated heterocycles. The van der Waals surface area contributed by atoms with E-state index >= 15 is 0 Å². The molecule has 138 valence electrons. The van der Waals surface area contributed by atoms with E-state index in [0.717, 1.165) is 45.4 Å². The van der Waals surface area contributed by atoms with Gasteiger partial charge in [0.25, 0.3) is 0 Å². The van der Waals surface area contributed by atoms with Gasteiger partial charge in [-0.05, 0) is 45.6 Å². The predicted molar refractivity (Wildman–Crippen MR) is 102 cm³/mol. The van der Waals surface area contributed by atoms with E-state index in [1.165, 1.54) is 5.56 Å². The van der Waals surface area contributed by atoms with Crippen LogP contribution >= 0.6 is 0 Å². The topological polar surface area (TPSA) is 32.8 Å². The Morgan fingerprint density at radius 1 is 1.36 bits per heavy atom. The third kappa shape index (κ3) is 6.54. The van der Waals surface area contributed by atoms with Gasteiger partial charge in [-0.15, -0.1) is 6.58 Å². The Balaban J connectivity index is 1.96. The summed E-state index contributed by atoms with van der Waals surface area (Å²) in [6, 6.07) is 10.7. The van der Waals surface area contributed by atoms with E-state index in [0.29, 0.717) is 0 Å². The summed E-state index contributed by atoms with van der Waals surface area (Å²) >= 11 is 0. The van der Waals surface area contributed by atoms with Gasteiger partial charge in [0.15, 0.2) is 0 Å². The molecule has 1 aromatic rings. The van der Waals surface area contributed by atoms with Gasteiger partial charge in [0.05, 0.1) is 0 Å². The molecule has 4 nitrogen and oxygen atoms in total. The Hall–Kier alpha value is -1.81. The molecule has 1 heterocycles.